The summed E-state index contributed by atoms with van der Waals surface area (Å²) < 4.78 is 15.9. The first kappa shape index (κ1) is 16.4. The van der Waals surface area contributed by atoms with Crippen LogP contribution in [0.25, 0.3) is 0 Å². The number of benzene rings is 1. The molecule has 118 valence electrons. The predicted octanol–water partition coefficient (Wildman–Crippen LogP) is 3.28. The Morgan fingerprint density at radius 2 is 2.09 bits per heavy atom. The molecule has 5 nitrogen and oxygen atoms in total. The third kappa shape index (κ3) is 4.79. The molecule has 0 aliphatic carbocycles. The number of rotatable bonds is 8. The van der Waals surface area contributed by atoms with Gasteiger partial charge in [-0.15, -0.1) is 0 Å². The van der Waals surface area contributed by atoms with Gasteiger partial charge in [-0.2, -0.15) is 0 Å². The van der Waals surface area contributed by atoms with Gasteiger partial charge in [0, 0.05) is 20.3 Å². The highest BCUT2D eigenvalue weighted by molar-refractivity contribution is 6.32. The zero-order valence-corrected chi connectivity index (χ0v) is 13.1. The lowest BCUT2D eigenvalue weighted by atomic mass is 10.3. The minimum atomic E-state index is -0.250. The number of para-hydroxylation sites is 1. The Morgan fingerprint density at radius 1 is 1.27 bits per heavy atom. The predicted molar refractivity (Wildman–Crippen MR) is 83.3 cm³/mol. The third-order valence-electron chi connectivity index (χ3n) is 2.90. The topological polar surface area (TPSA) is 60.7 Å². The van der Waals surface area contributed by atoms with Crippen LogP contribution in [0.4, 0.5) is 0 Å². The molecule has 0 atom stereocenters. The van der Waals surface area contributed by atoms with Crippen molar-refractivity contribution in [3.63, 3.8) is 0 Å². The standard InChI is InChI=1S/C16H18ClNO4/c1-20-10-4-9-18-16(19)15-8-7-12(22-15)11-21-14-6-3-2-5-13(14)17/h2-3,5-8H,4,9-11H2,1H3,(H,18,19). The van der Waals surface area contributed by atoms with Gasteiger partial charge < -0.3 is 19.2 Å². The van der Waals surface area contributed by atoms with Crippen molar-refractivity contribution in [3.05, 3.63) is 52.9 Å². The van der Waals surface area contributed by atoms with Gasteiger partial charge >= 0.3 is 0 Å². The summed E-state index contributed by atoms with van der Waals surface area (Å²) in [5, 5.41) is 3.29. The van der Waals surface area contributed by atoms with Crippen molar-refractivity contribution >= 4 is 17.5 Å². The number of hydrogen-bond donors (Lipinski definition) is 1. The number of halogens is 1. The van der Waals surface area contributed by atoms with Crippen LogP contribution in [0.15, 0.2) is 40.8 Å². The lowest BCUT2D eigenvalue weighted by molar-refractivity contribution is 0.0917. The molecule has 0 aliphatic heterocycles. The number of hydrogen-bond acceptors (Lipinski definition) is 4. The van der Waals surface area contributed by atoms with Crippen LogP contribution in [0.3, 0.4) is 0 Å². The molecule has 1 aromatic heterocycles. The Labute approximate surface area is 134 Å². The lowest BCUT2D eigenvalue weighted by Crippen LogP contribution is -2.24. The van der Waals surface area contributed by atoms with Gasteiger partial charge in [0.25, 0.3) is 5.91 Å². The Balaban J connectivity index is 1.83. The molecule has 0 bridgehead atoms. The molecule has 6 heteroatoms. The van der Waals surface area contributed by atoms with E-state index in [2.05, 4.69) is 5.32 Å². The second-order valence-corrected chi connectivity index (χ2v) is 4.99. The fourth-order valence-corrected chi connectivity index (χ4v) is 1.98. The molecule has 0 saturated carbocycles. The maximum Gasteiger partial charge on any atom is 0.286 e. The summed E-state index contributed by atoms with van der Waals surface area (Å²) in [6, 6.07) is 10.5. The van der Waals surface area contributed by atoms with Crippen molar-refractivity contribution in [2.24, 2.45) is 0 Å². The van der Waals surface area contributed by atoms with Gasteiger partial charge in [-0.05, 0) is 30.7 Å². The maximum atomic E-state index is 11.8. The second kappa shape index (κ2) is 8.46. The quantitative estimate of drug-likeness (QED) is 0.757. The summed E-state index contributed by atoms with van der Waals surface area (Å²) in [6.45, 7) is 1.36. The molecule has 0 saturated heterocycles. The molecule has 2 rings (SSSR count). The minimum Gasteiger partial charge on any atom is -0.484 e. The Hall–Kier alpha value is -1.98. The van der Waals surface area contributed by atoms with Crippen LogP contribution in [0.5, 0.6) is 5.75 Å². The number of furan rings is 1. The first-order chi connectivity index (χ1) is 10.7. The number of ether oxygens (including phenoxy) is 2. The average Bonchev–Trinajstić information content (AvgIpc) is 3.00. The van der Waals surface area contributed by atoms with E-state index in [1.54, 1.807) is 31.4 Å². The number of nitrogens with one attached hydrogen (secondary N) is 1. The number of methoxy groups -OCH3 is 1. The van der Waals surface area contributed by atoms with Crippen molar-refractivity contribution in [2.45, 2.75) is 13.0 Å². The molecule has 1 amide bonds. The van der Waals surface area contributed by atoms with Gasteiger partial charge in [-0.25, -0.2) is 0 Å². The normalized spacial score (nSPS) is 10.5. The van der Waals surface area contributed by atoms with Gasteiger partial charge in [0.2, 0.25) is 0 Å². The summed E-state index contributed by atoms with van der Waals surface area (Å²) in [5.74, 6) is 1.14. The van der Waals surface area contributed by atoms with E-state index in [0.717, 1.165) is 6.42 Å². The van der Waals surface area contributed by atoms with Crippen molar-refractivity contribution in [1.82, 2.24) is 5.32 Å². The van der Waals surface area contributed by atoms with Gasteiger partial charge in [0.05, 0.1) is 5.02 Å². The van der Waals surface area contributed by atoms with Crippen LogP contribution in [0.1, 0.15) is 22.7 Å². The van der Waals surface area contributed by atoms with Crippen LogP contribution in [0.2, 0.25) is 5.02 Å². The molecule has 22 heavy (non-hydrogen) atoms. The zero-order chi connectivity index (χ0) is 15.8. The van der Waals surface area contributed by atoms with E-state index in [9.17, 15) is 4.79 Å². The van der Waals surface area contributed by atoms with Crippen LogP contribution in [0, 0.1) is 0 Å². The molecule has 0 spiro atoms. The van der Waals surface area contributed by atoms with E-state index in [-0.39, 0.29) is 18.3 Å². The molecule has 0 radical (unpaired) electrons. The van der Waals surface area contributed by atoms with Crippen molar-refractivity contribution < 1.29 is 18.7 Å². The fraction of sp³-hybridized carbons (Fsp3) is 0.312. The Kier molecular flexibility index (Phi) is 6.30. The summed E-state index contributed by atoms with van der Waals surface area (Å²) in [5.41, 5.74) is 0. The second-order valence-electron chi connectivity index (χ2n) is 4.59. The summed E-state index contributed by atoms with van der Waals surface area (Å²) in [4.78, 5) is 11.8. The van der Waals surface area contributed by atoms with E-state index in [1.807, 2.05) is 12.1 Å². The van der Waals surface area contributed by atoms with Crippen LogP contribution >= 0.6 is 11.6 Å². The highest BCUT2D eigenvalue weighted by atomic mass is 35.5. The molecule has 0 fully saturated rings. The van der Waals surface area contributed by atoms with E-state index < -0.39 is 0 Å². The SMILES string of the molecule is COCCCNC(=O)c1ccc(COc2ccccc2Cl)o1. The summed E-state index contributed by atoms with van der Waals surface area (Å²) >= 11 is 6.00. The number of carbonyl (C=O) groups excluding carboxylic acids is 1. The largest absolute Gasteiger partial charge is 0.484 e. The first-order valence-corrected chi connectivity index (χ1v) is 7.31. The highest BCUT2D eigenvalue weighted by Gasteiger charge is 2.11. The molecule has 0 unspecified atom stereocenters. The maximum absolute atomic E-state index is 11.8. The van der Waals surface area contributed by atoms with E-state index in [1.165, 1.54) is 0 Å². The van der Waals surface area contributed by atoms with E-state index in [0.29, 0.717) is 29.7 Å². The molecule has 2 aromatic rings. The van der Waals surface area contributed by atoms with Gasteiger partial charge in [-0.3, -0.25) is 4.79 Å². The Morgan fingerprint density at radius 3 is 2.86 bits per heavy atom. The molecule has 1 aromatic carbocycles. The molecule has 1 heterocycles. The smallest absolute Gasteiger partial charge is 0.286 e. The molecule has 1 N–H and O–H groups in total. The lowest BCUT2D eigenvalue weighted by Gasteiger charge is -2.05. The van der Waals surface area contributed by atoms with Crippen LogP contribution in [-0.4, -0.2) is 26.2 Å². The molecule has 0 aliphatic rings. The van der Waals surface area contributed by atoms with Gasteiger partial charge in [-0.1, -0.05) is 23.7 Å². The monoisotopic (exact) mass is 323 g/mol. The van der Waals surface area contributed by atoms with Gasteiger partial charge in [0.1, 0.15) is 18.1 Å². The van der Waals surface area contributed by atoms with Gasteiger partial charge in [0.15, 0.2) is 5.76 Å². The van der Waals surface area contributed by atoms with Crippen molar-refractivity contribution in [3.8, 4) is 5.75 Å². The summed E-state index contributed by atoms with van der Waals surface area (Å²) in [7, 11) is 1.62. The summed E-state index contributed by atoms with van der Waals surface area (Å²) in [6.07, 6.45) is 0.755. The average molecular weight is 324 g/mol. The first-order valence-electron chi connectivity index (χ1n) is 6.94. The van der Waals surface area contributed by atoms with E-state index in [4.69, 9.17) is 25.5 Å². The van der Waals surface area contributed by atoms with E-state index >= 15 is 0 Å². The molecular formula is C16H18ClNO4. The van der Waals surface area contributed by atoms with Crippen molar-refractivity contribution in [1.29, 1.82) is 0 Å². The zero-order valence-electron chi connectivity index (χ0n) is 12.3. The highest BCUT2D eigenvalue weighted by Crippen LogP contribution is 2.24. The minimum absolute atomic E-state index is 0.209. The van der Waals surface area contributed by atoms with Crippen LogP contribution in [-0.2, 0) is 11.3 Å². The molecular weight excluding hydrogens is 306 g/mol. The van der Waals surface area contributed by atoms with Crippen molar-refractivity contribution in [2.75, 3.05) is 20.3 Å². The number of amides is 1. The Bertz CT molecular complexity index is 612. The fourth-order valence-electron chi connectivity index (χ4n) is 1.79. The number of carbonyl (C=O) groups is 1. The third-order valence-corrected chi connectivity index (χ3v) is 3.22. The van der Waals surface area contributed by atoms with Crippen LogP contribution < -0.4 is 10.1 Å².